The molecule has 1 aliphatic rings. The van der Waals surface area contributed by atoms with E-state index >= 15 is 0 Å². The Morgan fingerprint density at radius 1 is 1.30 bits per heavy atom. The van der Waals surface area contributed by atoms with Crippen LogP contribution < -0.4 is 16.6 Å². The zero-order valence-electron chi connectivity index (χ0n) is 17.5. The van der Waals surface area contributed by atoms with E-state index in [-0.39, 0.29) is 18.5 Å². The number of hydrogen-bond acceptors (Lipinski definition) is 8. The van der Waals surface area contributed by atoms with Crippen LogP contribution in [-0.2, 0) is 20.9 Å². The maximum absolute atomic E-state index is 12.3. The number of aliphatic hydroxyl groups excluding tert-OH is 2. The van der Waals surface area contributed by atoms with Crippen molar-refractivity contribution in [1.82, 2.24) is 14.9 Å². The Labute approximate surface area is 172 Å². The van der Waals surface area contributed by atoms with Gasteiger partial charge in [-0.1, -0.05) is 20.8 Å². The van der Waals surface area contributed by atoms with E-state index in [1.54, 1.807) is 20.8 Å². The molecule has 30 heavy (non-hydrogen) atoms. The molecule has 11 heteroatoms. The van der Waals surface area contributed by atoms with Gasteiger partial charge in [-0.25, -0.2) is 4.79 Å². The van der Waals surface area contributed by atoms with E-state index in [2.05, 4.69) is 10.3 Å². The first-order chi connectivity index (χ1) is 13.8. The molecule has 1 aromatic heterocycles. The molecule has 1 saturated heterocycles. The van der Waals surface area contributed by atoms with Crippen LogP contribution in [0.15, 0.2) is 15.8 Å². The van der Waals surface area contributed by atoms with Crippen LogP contribution in [0.5, 0.6) is 0 Å². The molecule has 4 atom stereocenters. The molecule has 2 rings (SSSR count). The molecule has 1 unspecified atom stereocenters. The second-order valence-corrected chi connectivity index (χ2v) is 8.74. The summed E-state index contributed by atoms with van der Waals surface area (Å²) in [6, 6.07) is 0. The quantitative estimate of drug-likeness (QED) is 0.352. The second kappa shape index (κ2) is 8.80. The standard InChI is InChI=1S/C19H29N3O8/c1-18(2,3)16(27)19(4,29)6-13(25)20-7-10-8-22(17(28)21-15(10)26)14-5-11(24)12(9-23)30-14/h8,11-12,14,23-24,29H,5-7,9H2,1-4H3,(H,20,25)(H,21,26,28)/t11-,12+,14+,19?/m0/s1. The SMILES string of the molecule is CC(C)(C)C(=O)C(C)(O)CC(=O)NCc1cn([C@H]2C[C@H](O)[C@@H](CO)O2)c(=O)[nH]c1=O. The summed E-state index contributed by atoms with van der Waals surface area (Å²) in [5.74, 6) is -1.14. The van der Waals surface area contributed by atoms with E-state index in [9.17, 15) is 34.5 Å². The predicted molar refractivity (Wildman–Crippen MR) is 104 cm³/mol. The minimum Gasteiger partial charge on any atom is -0.394 e. The average Bonchev–Trinajstić information content (AvgIpc) is 2.99. The lowest BCUT2D eigenvalue weighted by Gasteiger charge is -2.28. The van der Waals surface area contributed by atoms with Gasteiger partial charge in [-0.3, -0.25) is 23.9 Å². The first-order valence-corrected chi connectivity index (χ1v) is 9.59. The largest absolute Gasteiger partial charge is 0.394 e. The number of ether oxygens (including phenoxy) is 1. The van der Waals surface area contributed by atoms with E-state index in [0.29, 0.717) is 0 Å². The van der Waals surface area contributed by atoms with Gasteiger partial charge in [-0.2, -0.15) is 0 Å². The summed E-state index contributed by atoms with van der Waals surface area (Å²) in [4.78, 5) is 50.8. The molecule has 1 fully saturated rings. The maximum Gasteiger partial charge on any atom is 0.330 e. The number of H-pyrrole nitrogens is 1. The lowest BCUT2D eigenvalue weighted by Crippen LogP contribution is -2.46. The van der Waals surface area contributed by atoms with Crippen molar-refractivity contribution < 1.29 is 29.6 Å². The molecule has 2 heterocycles. The number of ketones is 1. The van der Waals surface area contributed by atoms with Crippen LogP contribution in [0.2, 0.25) is 0 Å². The van der Waals surface area contributed by atoms with Crippen molar-refractivity contribution in [2.75, 3.05) is 6.61 Å². The van der Waals surface area contributed by atoms with Crippen LogP contribution in [0.3, 0.4) is 0 Å². The van der Waals surface area contributed by atoms with E-state index in [0.717, 1.165) is 4.57 Å². The Kier molecular flexibility index (Phi) is 7.02. The predicted octanol–water partition coefficient (Wildman–Crippen LogP) is -1.45. The fourth-order valence-electron chi connectivity index (χ4n) is 3.37. The van der Waals surface area contributed by atoms with Crippen LogP contribution >= 0.6 is 0 Å². The fraction of sp³-hybridized carbons (Fsp3) is 0.684. The number of amides is 1. The van der Waals surface area contributed by atoms with Gasteiger partial charge in [-0.15, -0.1) is 0 Å². The smallest absolute Gasteiger partial charge is 0.330 e. The zero-order valence-corrected chi connectivity index (χ0v) is 17.5. The van der Waals surface area contributed by atoms with Crippen molar-refractivity contribution in [3.63, 3.8) is 0 Å². The van der Waals surface area contributed by atoms with Crippen LogP contribution in [-0.4, -0.2) is 61.0 Å². The molecule has 168 valence electrons. The number of aromatic nitrogens is 2. The van der Waals surface area contributed by atoms with Gasteiger partial charge in [0.15, 0.2) is 5.78 Å². The van der Waals surface area contributed by atoms with Crippen LogP contribution in [0.4, 0.5) is 0 Å². The first kappa shape index (κ1) is 23.9. The Bertz CT molecular complexity index is 912. The van der Waals surface area contributed by atoms with Gasteiger partial charge in [0.2, 0.25) is 5.91 Å². The summed E-state index contributed by atoms with van der Waals surface area (Å²) in [5.41, 5.74) is -4.15. The number of carbonyl (C=O) groups excluding carboxylic acids is 2. The molecule has 0 spiro atoms. The third-order valence-electron chi connectivity index (χ3n) is 4.89. The molecule has 1 aromatic rings. The van der Waals surface area contributed by atoms with Gasteiger partial charge in [0.1, 0.15) is 17.9 Å². The van der Waals surface area contributed by atoms with Crippen molar-refractivity contribution >= 4 is 11.7 Å². The maximum atomic E-state index is 12.3. The molecule has 11 nitrogen and oxygen atoms in total. The number of nitrogens with one attached hydrogen (secondary N) is 2. The van der Waals surface area contributed by atoms with Gasteiger partial charge in [0.05, 0.1) is 24.7 Å². The van der Waals surface area contributed by atoms with Crippen molar-refractivity contribution in [3.05, 3.63) is 32.6 Å². The highest BCUT2D eigenvalue weighted by Gasteiger charge is 2.39. The number of nitrogens with zero attached hydrogens (tertiary/aromatic N) is 1. The number of rotatable bonds is 7. The van der Waals surface area contributed by atoms with Gasteiger partial charge in [0.25, 0.3) is 5.56 Å². The van der Waals surface area contributed by atoms with Crippen molar-refractivity contribution in [1.29, 1.82) is 0 Å². The molecule has 0 radical (unpaired) electrons. The summed E-state index contributed by atoms with van der Waals surface area (Å²) in [6.07, 6.45) is -1.95. The normalized spacial score (nSPS) is 23.8. The molecule has 0 aromatic carbocycles. The number of carbonyl (C=O) groups is 2. The third-order valence-corrected chi connectivity index (χ3v) is 4.89. The minimum atomic E-state index is -1.87. The van der Waals surface area contributed by atoms with Crippen molar-refractivity contribution in [2.24, 2.45) is 5.41 Å². The van der Waals surface area contributed by atoms with Gasteiger partial charge < -0.3 is 25.4 Å². The van der Waals surface area contributed by atoms with E-state index in [4.69, 9.17) is 4.74 Å². The van der Waals surface area contributed by atoms with Gasteiger partial charge >= 0.3 is 5.69 Å². The highest BCUT2D eigenvalue weighted by atomic mass is 16.5. The fourth-order valence-corrected chi connectivity index (χ4v) is 3.37. The number of aromatic amines is 1. The lowest BCUT2D eigenvalue weighted by atomic mass is 9.79. The number of Topliss-reactive ketones (excluding diaryl/α,β-unsaturated/α-hetero) is 1. The Balaban J connectivity index is 2.11. The molecule has 0 saturated carbocycles. The molecule has 0 bridgehead atoms. The summed E-state index contributed by atoms with van der Waals surface area (Å²) in [7, 11) is 0. The Morgan fingerprint density at radius 3 is 2.47 bits per heavy atom. The third kappa shape index (κ3) is 5.42. The van der Waals surface area contributed by atoms with Crippen LogP contribution in [0, 0.1) is 5.41 Å². The van der Waals surface area contributed by atoms with Crippen molar-refractivity contribution in [2.45, 2.75) is 71.1 Å². The topological polar surface area (TPSA) is 171 Å². The van der Waals surface area contributed by atoms with Gasteiger partial charge in [0, 0.05) is 24.6 Å². The van der Waals surface area contributed by atoms with Crippen LogP contribution in [0.1, 0.15) is 52.3 Å². The number of aliphatic hydroxyl groups is 3. The van der Waals surface area contributed by atoms with E-state index < -0.39 is 65.4 Å². The highest BCUT2D eigenvalue weighted by molar-refractivity contribution is 5.95. The molecular weight excluding hydrogens is 398 g/mol. The average molecular weight is 427 g/mol. The van der Waals surface area contributed by atoms with Crippen LogP contribution in [0.25, 0.3) is 0 Å². The molecular formula is C19H29N3O8. The summed E-state index contributed by atoms with van der Waals surface area (Å²) >= 11 is 0. The molecule has 1 aliphatic heterocycles. The highest BCUT2D eigenvalue weighted by Crippen LogP contribution is 2.27. The Hall–Kier alpha value is -2.34. The van der Waals surface area contributed by atoms with E-state index in [1.807, 2.05) is 0 Å². The number of hydrogen-bond donors (Lipinski definition) is 5. The Morgan fingerprint density at radius 2 is 1.93 bits per heavy atom. The molecule has 5 N–H and O–H groups in total. The van der Waals surface area contributed by atoms with Crippen molar-refractivity contribution in [3.8, 4) is 0 Å². The second-order valence-electron chi connectivity index (χ2n) is 8.74. The minimum absolute atomic E-state index is 0.0373. The molecule has 0 aliphatic carbocycles. The zero-order chi connectivity index (χ0) is 22.9. The lowest BCUT2D eigenvalue weighted by molar-refractivity contribution is -0.148. The summed E-state index contributed by atoms with van der Waals surface area (Å²) < 4.78 is 6.49. The van der Waals surface area contributed by atoms with Gasteiger partial charge in [-0.05, 0) is 6.92 Å². The monoisotopic (exact) mass is 427 g/mol. The van der Waals surface area contributed by atoms with E-state index in [1.165, 1.54) is 13.1 Å². The summed E-state index contributed by atoms with van der Waals surface area (Å²) in [6.45, 7) is 5.47. The first-order valence-electron chi connectivity index (χ1n) is 9.59. The summed E-state index contributed by atoms with van der Waals surface area (Å²) in [5, 5.41) is 31.8. The molecule has 1 amide bonds.